The summed E-state index contributed by atoms with van der Waals surface area (Å²) in [7, 11) is 0. The molecular formula is C9H14N2. The monoisotopic (exact) mass is 150 g/mol. The maximum Gasteiger partial charge on any atom is 0.131 e. The third-order valence-electron chi connectivity index (χ3n) is 1.76. The van der Waals surface area contributed by atoms with Gasteiger partial charge < -0.3 is 0 Å². The van der Waals surface area contributed by atoms with Crippen molar-refractivity contribution in [3.8, 4) is 0 Å². The SMILES string of the molecule is Cc1cnc(C(C)C)nc1C. The molecule has 0 fully saturated rings. The smallest absolute Gasteiger partial charge is 0.131 e. The zero-order valence-electron chi connectivity index (χ0n) is 7.55. The fraction of sp³-hybridized carbons (Fsp3) is 0.556. The molecule has 0 aromatic carbocycles. The molecule has 1 rings (SSSR count). The Labute approximate surface area is 67.7 Å². The lowest BCUT2D eigenvalue weighted by Crippen LogP contribution is -1.99. The van der Waals surface area contributed by atoms with Crippen LogP contribution in [0.25, 0.3) is 0 Å². The van der Waals surface area contributed by atoms with Crippen LogP contribution in [0.15, 0.2) is 6.20 Å². The molecule has 2 heteroatoms. The molecule has 0 aliphatic carbocycles. The Morgan fingerprint density at radius 3 is 2.36 bits per heavy atom. The van der Waals surface area contributed by atoms with E-state index in [0.29, 0.717) is 5.92 Å². The number of aryl methyl sites for hydroxylation is 2. The molecule has 0 N–H and O–H groups in total. The summed E-state index contributed by atoms with van der Waals surface area (Å²) in [6.45, 7) is 8.25. The average molecular weight is 150 g/mol. The van der Waals surface area contributed by atoms with Crippen molar-refractivity contribution in [2.24, 2.45) is 0 Å². The summed E-state index contributed by atoms with van der Waals surface area (Å²) in [5.41, 5.74) is 2.25. The first-order valence-corrected chi connectivity index (χ1v) is 3.91. The van der Waals surface area contributed by atoms with E-state index in [9.17, 15) is 0 Å². The molecule has 60 valence electrons. The Morgan fingerprint density at radius 1 is 1.27 bits per heavy atom. The molecule has 0 bridgehead atoms. The lowest BCUT2D eigenvalue weighted by atomic mass is 10.2. The van der Waals surface area contributed by atoms with Crippen molar-refractivity contribution in [2.45, 2.75) is 33.6 Å². The van der Waals surface area contributed by atoms with Crippen LogP contribution in [0.1, 0.15) is 36.8 Å². The largest absolute Gasteiger partial charge is 0.241 e. The second-order valence-electron chi connectivity index (χ2n) is 3.15. The summed E-state index contributed by atoms with van der Waals surface area (Å²) in [5, 5.41) is 0. The van der Waals surface area contributed by atoms with Crippen molar-refractivity contribution >= 4 is 0 Å². The molecule has 1 heterocycles. The summed E-state index contributed by atoms with van der Waals surface area (Å²) in [6.07, 6.45) is 1.89. The topological polar surface area (TPSA) is 25.8 Å². The minimum atomic E-state index is 0.425. The van der Waals surface area contributed by atoms with Crippen molar-refractivity contribution in [3.05, 3.63) is 23.3 Å². The average Bonchev–Trinajstić information content (AvgIpc) is 1.94. The van der Waals surface area contributed by atoms with E-state index in [2.05, 4.69) is 23.8 Å². The summed E-state index contributed by atoms with van der Waals surface area (Å²) < 4.78 is 0. The van der Waals surface area contributed by atoms with Gasteiger partial charge in [0.1, 0.15) is 5.82 Å². The third-order valence-corrected chi connectivity index (χ3v) is 1.76. The molecule has 0 saturated carbocycles. The van der Waals surface area contributed by atoms with Crippen LogP contribution in [0.2, 0.25) is 0 Å². The highest BCUT2D eigenvalue weighted by molar-refractivity contribution is 5.14. The summed E-state index contributed by atoms with van der Waals surface area (Å²) in [4.78, 5) is 8.59. The van der Waals surface area contributed by atoms with E-state index in [1.165, 1.54) is 0 Å². The minimum absolute atomic E-state index is 0.425. The molecule has 0 radical (unpaired) electrons. The molecule has 0 unspecified atom stereocenters. The Bertz CT molecular complexity index is 254. The second-order valence-corrected chi connectivity index (χ2v) is 3.15. The van der Waals surface area contributed by atoms with Crippen LogP contribution in [0, 0.1) is 13.8 Å². The van der Waals surface area contributed by atoms with Gasteiger partial charge in [0, 0.05) is 17.8 Å². The first kappa shape index (κ1) is 8.18. The van der Waals surface area contributed by atoms with Crippen LogP contribution in [-0.4, -0.2) is 9.97 Å². The number of hydrogen-bond donors (Lipinski definition) is 0. The first-order chi connectivity index (χ1) is 5.11. The molecule has 1 aromatic heterocycles. The van der Waals surface area contributed by atoms with Crippen LogP contribution in [-0.2, 0) is 0 Å². The van der Waals surface area contributed by atoms with E-state index in [0.717, 1.165) is 17.1 Å². The normalized spacial score (nSPS) is 10.6. The molecule has 0 amide bonds. The van der Waals surface area contributed by atoms with E-state index < -0.39 is 0 Å². The molecule has 0 aliphatic heterocycles. The molecular weight excluding hydrogens is 136 g/mol. The van der Waals surface area contributed by atoms with Crippen LogP contribution >= 0.6 is 0 Å². The molecule has 1 aromatic rings. The predicted octanol–water partition coefficient (Wildman–Crippen LogP) is 2.22. The van der Waals surface area contributed by atoms with Crippen molar-refractivity contribution in [1.82, 2.24) is 9.97 Å². The van der Waals surface area contributed by atoms with Gasteiger partial charge in [-0.05, 0) is 19.4 Å². The maximum absolute atomic E-state index is 4.36. The van der Waals surface area contributed by atoms with E-state index in [1.807, 2.05) is 20.0 Å². The van der Waals surface area contributed by atoms with Gasteiger partial charge >= 0.3 is 0 Å². The van der Waals surface area contributed by atoms with Crippen molar-refractivity contribution in [1.29, 1.82) is 0 Å². The van der Waals surface area contributed by atoms with E-state index in [-0.39, 0.29) is 0 Å². The zero-order chi connectivity index (χ0) is 8.43. The van der Waals surface area contributed by atoms with Crippen molar-refractivity contribution < 1.29 is 0 Å². The van der Waals surface area contributed by atoms with Crippen LogP contribution in [0.3, 0.4) is 0 Å². The van der Waals surface area contributed by atoms with Gasteiger partial charge in [-0.25, -0.2) is 9.97 Å². The first-order valence-electron chi connectivity index (χ1n) is 3.91. The summed E-state index contributed by atoms with van der Waals surface area (Å²) in [5.74, 6) is 1.36. The fourth-order valence-corrected chi connectivity index (χ4v) is 0.823. The van der Waals surface area contributed by atoms with Gasteiger partial charge in [0.25, 0.3) is 0 Å². The lowest BCUT2D eigenvalue weighted by Gasteiger charge is -2.04. The number of nitrogens with zero attached hydrogens (tertiary/aromatic N) is 2. The molecule has 11 heavy (non-hydrogen) atoms. The Morgan fingerprint density at radius 2 is 1.91 bits per heavy atom. The van der Waals surface area contributed by atoms with Gasteiger partial charge in [-0.2, -0.15) is 0 Å². The molecule has 0 spiro atoms. The van der Waals surface area contributed by atoms with Gasteiger partial charge in [-0.15, -0.1) is 0 Å². The maximum atomic E-state index is 4.36. The number of aromatic nitrogens is 2. The quantitative estimate of drug-likeness (QED) is 0.613. The standard InChI is InChI=1S/C9H14N2/c1-6(2)9-10-5-7(3)8(4)11-9/h5-6H,1-4H3. The van der Waals surface area contributed by atoms with Gasteiger partial charge in [0.05, 0.1) is 0 Å². The predicted molar refractivity (Wildman–Crippen MR) is 45.6 cm³/mol. The third kappa shape index (κ3) is 1.76. The molecule has 0 saturated heterocycles. The van der Waals surface area contributed by atoms with E-state index in [1.54, 1.807) is 0 Å². The molecule has 2 nitrogen and oxygen atoms in total. The van der Waals surface area contributed by atoms with Gasteiger partial charge in [-0.1, -0.05) is 13.8 Å². The molecule has 0 atom stereocenters. The Balaban J connectivity index is 3.05. The van der Waals surface area contributed by atoms with Crippen molar-refractivity contribution in [2.75, 3.05) is 0 Å². The summed E-state index contributed by atoms with van der Waals surface area (Å²) >= 11 is 0. The van der Waals surface area contributed by atoms with Crippen LogP contribution in [0.5, 0.6) is 0 Å². The van der Waals surface area contributed by atoms with Gasteiger partial charge in [0.15, 0.2) is 0 Å². The van der Waals surface area contributed by atoms with Crippen LogP contribution in [0.4, 0.5) is 0 Å². The van der Waals surface area contributed by atoms with Crippen LogP contribution < -0.4 is 0 Å². The van der Waals surface area contributed by atoms with Gasteiger partial charge in [-0.3, -0.25) is 0 Å². The highest BCUT2D eigenvalue weighted by Gasteiger charge is 2.02. The van der Waals surface area contributed by atoms with E-state index in [4.69, 9.17) is 0 Å². The molecule has 0 aliphatic rings. The van der Waals surface area contributed by atoms with Crippen molar-refractivity contribution in [3.63, 3.8) is 0 Å². The fourth-order valence-electron chi connectivity index (χ4n) is 0.823. The lowest BCUT2D eigenvalue weighted by molar-refractivity contribution is 0.762. The van der Waals surface area contributed by atoms with E-state index >= 15 is 0 Å². The summed E-state index contributed by atoms with van der Waals surface area (Å²) in [6, 6.07) is 0. The number of rotatable bonds is 1. The minimum Gasteiger partial charge on any atom is -0.241 e. The zero-order valence-corrected chi connectivity index (χ0v) is 7.55. The highest BCUT2D eigenvalue weighted by Crippen LogP contribution is 2.09. The second kappa shape index (κ2) is 2.99. The number of hydrogen-bond acceptors (Lipinski definition) is 2. The Hall–Kier alpha value is -0.920. The highest BCUT2D eigenvalue weighted by atomic mass is 14.9. The Kier molecular flexibility index (Phi) is 2.22. The van der Waals surface area contributed by atoms with Gasteiger partial charge in [0.2, 0.25) is 0 Å².